The quantitative estimate of drug-likeness (QED) is 0.101. The number of nitrogens with one attached hydrogen (secondary N) is 3. The van der Waals surface area contributed by atoms with E-state index in [4.69, 9.17) is 5.73 Å². The Morgan fingerprint density at radius 3 is 2.22 bits per heavy atom. The fraction of sp³-hybridized carbons (Fsp3) is 0.690. The van der Waals surface area contributed by atoms with E-state index in [-0.39, 0.29) is 42.6 Å². The van der Waals surface area contributed by atoms with E-state index in [2.05, 4.69) is 20.9 Å². The number of aromatic nitrogens is 1. The van der Waals surface area contributed by atoms with Crippen molar-refractivity contribution in [3.8, 4) is 10.4 Å². The van der Waals surface area contributed by atoms with Gasteiger partial charge in [-0.15, -0.1) is 11.3 Å². The van der Waals surface area contributed by atoms with Gasteiger partial charge in [0, 0.05) is 32.5 Å². The molecule has 1 saturated carbocycles. The topological polar surface area (TPSA) is 167 Å². The number of hydrogen-bond acceptors (Lipinski definition) is 8. The van der Waals surface area contributed by atoms with Crippen LogP contribution in [-0.4, -0.2) is 75.9 Å². The van der Waals surface area contributed by atoms with Gasteiger partial charge in [-0.25, -0.2) is 4.98 Å². The van der Waals surface area contributed by atoms with E-state index < -0.39 is 23.6 Å². The first-order valence-corrected chi connectivity index (χ1v) is 21.3. The molecule has 4 amide bonds. The first-order valence-electron chi connectivity index (χ1n) is 20.4. The molecule has 4 atom stereocenters. The number of nitrogens with two attached hydrogens (primary N) is 1. The number of hydrogen-bond donors (Lipinski definition) is 5. The molecule has 2 aromatic rings. The molecule has 300 valence electrons. The monoisotopic (exact) mass is 766 g/mol. The first kappa shape index (κ1) is 43.4. The van der Waals surface area contributed by atoms with E-state index in [1.54, 1.807) is 11.3 Å². The smallest absolute Gasteiger partial charge is 0.246 e. The van der Waals surface area contributed by atoms with Gasteiger partial charge >= 0.3 is 0 Å². The van der Waals surface area contributed by atoms with Crippen LogP contribution in [0.3, 0.4) is 0 Å². The highest BCUT2D eigenvalue weighted by Gasteiger charge is 2.44. The maximum Gasteiger partial charge on any atom is 0.246 e. The summed E-state index contributed by atoms with van der Waals surface area (Å²) in [6.07, 6.45) is 14.8. The average Bonchev–Trinajstić information content (AvgIpc) is 3.76. The molecule has 12 heteroatoms. The lowest BCUT2D eigenvalue weighted by Crippen LogP contribution is -2.57. The van der Waals surface area contributed by atoms with Crippen molar-refractivity contribution in [2.75, 3.05) is 13.1 Å². The van der Waals surface area contributed by atoms with Crippen LogP contribution in [0.1, 0.15) is 135 Å². The summed E-state index contributed by atoms with van der Waals surface area (Å²) in [5.74, 6) is -0.260. The molecule has 4 rings (SSSR count). The lowest BCUT2D eigenvalue weighted by molar-refractivity contribution is -0.144. The van der Waals surface area contributed by atoms with Crippen molar-refractivity contribution in [1.29, 1.82) is 0 Å². The molecule has 6 N–H and O–H groups in total. The molecule has 2 aliphatic rings. The van der Waals surface area contributed by atoms with Crippen molar-refractivity contribution in [2.45, 2.75) is 161 Å². The van der Waals surface area contributed by atoms with Crippen LogP contribution in [0.25, 0.3) is 10.4 Å². The van der Waals surface area contributed by atoms with Gasteiger partial charge in [0.15, 0.2) is 0 Å². The van der Waals surface area contributed by atoms with Gasteiger partial charge < -0.3 is 31.7 Å². The number of nitrogens with zero attached hydrogens (tertiary/aromatic N) is 2. The number of thiazole rings is 1. The highest BCUT2D eigenvalue weighted by Crippen LogP contribution is 2.29. The number of β-amino-alcohol motifs (C(OH)–C–C–N with tert-alkyl or cyclic N) is 1. The van der Waals surface area contributed by atoms with E-state index in [0.717, 1.165) is 79.5 Å². The number of aryl methyl sites for hydroxylation is 1. The first-order chi connectivity index (χ1) is 25.8. The fourth-order valence-electron chi connectivity index (χ4n) is 7.72. The molecule has 54 heavy (non-hydrogen) atoms. The Morgan fingerprint density at radius 2 is 1.59 bits per heavy atom. The zero-order valence-electron chi connectivity index (χ0n) is 33.2. The second kappa shape index (κ2) is 21.7. The van der Waals surface area contributed by atoms with Crippen molar-refractivity contribution in [1.82, 2.24) is 25.8 Å². The van der Waals surface area contributed by atoms with Gasteiger partial charge in [-0.3, -0.25) is 19.2 Å². The second-order valence-electron chi connectivity index (χ2n) is 16.7. The molecule has 11 nitrogen and oxygen atoms in total. The van der Waals surface area contributed by atoms with Gasteiger partial charge in [-0.1, -0.05) is 116 Å². The van der Waals surface area contributed by atoms with E-state index >= 15 is 0 Å². The third-order valence-corrected chi connectivity index (χ3v) is 12.0. The highest BCUT2D eigenvalue weighted by molar-refractivity contribution is 7.13. The lowest BCUT2D eigenvalue weighted by Gasteiger charge is -2.35. The number of aliphatic hydroxyl groups excluding tert-OH is 1. The van der Waals surface area contributed by atoms with Crippen LogP contribution >= 0.6 is 11.3 Å². The summed E-state index contributed by atoms with van der Waals surface area (Å²) >= 11 is 1.59. The van der Waals surface area contributed by atoms with Crippen LogP contribution in [0.4, 0.5) is 0 Å². The molecule has 2 fully saturated rings. The Labute approximate surface area is 327 Å². The summed E-state index contributed by atoms with van der Waals surface area (Å²) in [5.41, 5.74) is 10.4. The minimum absolute atomic E-state index is 0.0126. The summed E-state index contributed by atoms with van der Waals surface area (Å²) in [5, 5.41) is 19.5. The van der Waals surface area contributed by atoms with Gasteiger partial charge in [-0.05, 0) is 48.6 Å². The molecule has 0 bridgehead atoms. The minimum atomic E-state index is -0.828. The predicted molar refractivity (Wildman–Crippen MR) is 215 cm³/mol. The number of aliphatic hydroxyl groups is 1. The zero-order valence-corrected chi connectivity index (χ0v) is 34.0. The van der Waals surface area contributed by atoms with Crippen LogP contribution in [0.15, 0.2) is 29.8 Å². The normalized spacial score (nSPS) is 19.0. The molecular weight excluding hydrogens is 701 g/mol. The molecule has 1 saturated heterocycles. The predicted octanol–water partition coefficient (Wildman–Crippen LogP) is 6.15. The van der Waals surface area contributed by atoms with Crippen LogP contribution in [0.2, 0.25) is 0 Å². The number of likely N-dealkylation sites (tertiary alicyclic amines) is 1. The Hall–Kier alpha value is -3.35. The van der Waals surface area contributed by atoms with E-state index in [1.807, 2.05) is 57.5 Å². The van der Waals surface area contributed by atoms with E-state index in [1.165, 1.54) is 37.0 Å². The van der Waals surface area contributed by atoms with Gasteiger partial charge in [0.2, 0.25) is 23.6 Å². The molecular formula is C42H66N6O5S. The van der Waals surface area contributed by atoms with Crippen molar-refractivity contribution in [2.24, 2.45) is 17.1 Å². The summed E-state index contributed by atoms with van der Waals surface area (Å²) < 4.78 is 0. The molecule has 1 aromatic heterocycles. The number of amides is 4. The van der Waals surface area contributed by atoms with E-state index in [9.17, 15) is 24.3 Å². The standard InChI is InChI=1S/C42H66N6O5S/c1-29-37(54-28-46-29)32-21-19-31(20-22-32)26-45-40(52)35-25-33(49)27-48(35)41(53)38(42(2,3)4)47-36(50)18-14-9-7-5-6-8-10-15-23-44-39(51)34(43)24-30-16-12-11-13-17-30/h19-22,28,30,33-35,38,49H,5-18,23-27,43H2,1-4H3,(H,44,51)(H,45,52)(H,47,50)/t33-,34-,35+,38+/m0/s1. The van der Waals surface area contributed by atoms with Crippen LogP contribution in [0, 0.1) is 18.3 Å². The van der Waals surface area contributed by atoms with Gasteiger partial charge in [-0.2, -0.15) is 0 Å². The third-order valence-electron chi connectivity index (χ3n) is 11.0. The van der Waals surface area contributed by atoms with Gasteiger partial charge in [0.25, 0.3) is 0 Å². The Kier molecular flexibility index (Phi) is 17.4. The van der Waals surface area contributed by atoms with Crippen LogP contribution in [0.5, 0.6) is 0 Å². The SMILES string of the molecule is Cc1ncsc1-c1ccc(CNC(=O)[C@H]2C[C@H](O)CN2C(=O)[C@@H](NC(=O)CCCCCCCCCCNC(=O)[C@@H](N)CC2CCCCC2)C(C)(C)C)cc1. The summed E-state index contributed by atoms with van der Waals surface area (Å²) in [4.78, 5) is 59.5. The summed E-state index contributed by atoms with van der Waals surface area (Å²) in [6, 6.07) is 5.92. The van der Waals surface area contributed by atoms with E-state index in [0.29, 0.717) is 25.4 Å². The van der Waals surface area contributed by atoms with Crippen molar-refractivity contribution >= 4 is 35.0 Å². The maximum absolute atomic E-state index is 13.9. The minimum Gasteiger partial charge on any atom is -0.391 e. The molecule has 0 radical (unpaired) electrons. The summed E-state index contributed by atoms with van der Waals surface area (Å²) in [6.45, 7) is 8.70. The molecule has 0 unspecified atom stereocenters. The Balaban J connectivity index is 1.11. The Morgan fingerprint density at radius 1 is 0.944 bits per heavy atom. The zero-order chi connectivity index (χ0) is 39.1. The lowest BCUT2D eigenvalue weighted by atomic mass is 9.85. The van der Waals surface area contributed by atoms with Crippen molar-refractivity contribution < 1.29 is 24.3 Å². The summed E-state index contributed by atoms with van der Waals surface area (Å²) in [7, 11) is 0. The van der Waals surface area contributed by atoms with Gasteiger partial charge in [0.05, 0.1) is 28.2 Å². The maximum atomic E-state index is 13.9. The number of rotatable bonds is 20. The fourth-order valence-corrected chi connectivity index (χ4v) is 8.53. The Bertz CT molecular complexity index is 1480. The van der Waals surface area contributed by atoms with Crippen molar-refractivity contribution in [3.05, 3.63) is 41.0 Å². The number of benzene rings is 1. The van der Waals surface area contributed by atoms with Crippen LogP contribution in [-0.2, 0) is 25.7 Å². The number of unbranched alkanes of at least 4 members (excludes halogenated alkanes) is 7. The molecule has 1 aliphatic carbocycles. The van der Waals surface area contributed by atoms with Crippen molar-refractivity contribution in [3.63, 3.8) is 0 Å². The molecule has 0 spiro atoms. The van der Waals surface area contributed by atoms with Crippen LogP contribution < -0.4 is 21.7 Å². The van der Waals surface area contributed by atoms with Gasteiger partial charge in [0.1, 0.15) is 12.1 Å². The third kappa shape index (κ3) is 13.7. The average molecular weight is 767 g/mol. The number of carbonyl (C=O) groups is 4. The highest BCUT2D eigenvalue weighted by atomic mass is 32.1. The molecule has 1 aromatic carbocycles. The molecule has 2 heterocycles. The molecule has 1 aliphatic heterocycles. The largest absolute Gasteiger partial charge is 0.391 e. The second-order valence-corrected chi connectivity index (χ2v) is 17.5. The number of carbonyl (C=O) groups excluding carboxylic acids is 4.